The monoisotopic (exact) mass is 217 g/mol. The number of piperidine rings is 1. The molecule has 16 heavy (non-hydrogen) atoms. The summed E-state index contributed by atoms with van der Waals surface area (Å²) in [6, 6.07) is 6.41. The van der Waals surface area contributed by atoms with Crippen LogP contribution < -0.4 is 4.90 Å². The lowest BCUT2D eigenvalue weighted by atomic mass is 10.1. The highest BCUT2D eigenvalue weighted by Crippen LogP contribution is 2.26. The number of halogens is 1. The van der Waals surface area contributed by atoms with Crippen LogP contribution in [-0.4, -0.2) is 12.4 Å². The van der Waals surface area contributed by atoms with Crippen molar-refractivity contribution in [2.45, 2.75) is 19.3 Å². The number of benzene rings is 1. The molecule has 2 rings (SSSR count). The van der Waals surface area contributed by atoms with Crippen molar-refractivity contribution in [3.8, 4) is 6.07 Å². The highest BCUT2D eigenvalue weighted by atomic mass is 19.1. The molecule has 1 fully saturated rings. The Morgan fingerprint density at radius 2 is 2.19 bits per heavy atom. The molecule has 0 aliphatic carbocycles. The van der Waals surface area contributed by atoms with Crippen molar-refractivity contribution in [1.29, 1.82) is 10.7 Å². The summed E-state index contributed by atoms with van der Waals surface area (Å²) >= 11 is 0. The van der Waals surface area contributed by atoms with Crippen LogP contribution in [0, 0.1) is 22.6 Å². The number of rotatable bonds is 1. The lowest BCUT2D eigenvalue weighted by molar-refractivity contribution is 0.622. The van der Waals surface area contributed by atoms with E-state index >= 15 is 0 Å². The third kappa shape index (κ3) is 1.76. The number of nitrogens with zero attached hydrogens (tertiary/aromatic N) is 2. The van der Waals surface area contributed by atoms with Gasteiger partial charge in [0, 0.05) is 13.0 Å². The zero-order chi connectivity index (χ0) is 11.5. The van der Waals surface area contributed by atoms with Gasteiger partial charge in [0.2, 0.25) is 0 Å². The Morgan fingerprint density at radius 1 is 1.38 bits per heavy atom. The summed E-state index contributed by atoms with van der Waals surface area (Å²) in [5.74, 6) is -0.0493. The predicted octanol–water partition coefficient (Wildman–Crippen LogP) is 2.66. The molecule has 3 nitrogen and oxygen atoms in total. The molecule has 1 aromatic rings. The minimum Gasteiger partial charge on any atom is -0.329 e. The molecule has 0 saturated carbocycles. The maximum atomic E-state index is 13.4. The van der Waals surface area contributed by atoms with E-state index in [-0.39, 0.29) is 5.56 Å². The van der Waals surface area contributed by atoms with Crippen molar-refractivity contribution in [2.24, 2.45) is 0 Å². The molecule has 0 amide bonds. The molecule has 1 heterocycles. The van der Waals surface area contributed by atoms with Crippen molar-refractivity contribution < 1.29 is 4.39 Å². The minimum atomic E-state index is -0.515. The van der Waals surface area contributed by atoms with Crippen LogP contribution in [0.4, 0.5) is 10.1 Å². The quantitative estimate of drug-likeness (QED) is 0.786. The van der Waals surface area contributed by atoms with E-state index in [1.165, 1.54) is 6.07 Å². The summed E-state index contributed by atoms with van der Waals surface area (Å²) < 4.78 is 13.4. The molecule has 0 bridgehead atoms. The van der Waals surface area contributed by atoms with Gasteiger partial charge in [-0.1, -0.05) is 6.07 Å². The van der Waals surface area contributed by atoms with Gasteiger partial charge >= 0.3 is 0 Å². The molecule has 0 radical (unpaired) electrons. The van der Waals surface area contributed by atoms with Crippen LogP contribution in [0.25, 0.3) is 0 Å². The first-order valence-electron chi connectivity index (χ1n) is 5.27. The second-order valence-electron chi connectivity index (χ2n) is 3.80. The van der Waals surface area contributed by atoms with Crippen molar-refractivity contribution >= 4 is 11.5 Å². The maximum absolute atomic E-state index is 13.4. The predicted molar refractivity (Wildman–Crippen MR) is 60.0 cm³/mol. The van der Waals surface area contributed by atoms with E-state index in [0.717, 1.165) is 12.8 Å². The average Bonchev–Trinajstić information content (AvgIpc) is 2.29. The molecule has 1 saturated heterocycles. The number of nitrogens with one attached hydrogen (secondary N) is 1. The topological polar surface area (TPSA) is 50.9 Å². The zero-order valence-electron chi connectivity index (χ0n) is 8.83. The Kier molecular flexibility index (Phi) is 2.86. The first-order valence-corrected chi connectivity index (χ1v) is 5.27. The van der Waals surface area contributed by atoms with Gasteiger partial charge < -0.3 is 4.90 Å². The van der Waals surface area contributed by atoms with Crippen LogP contribution in [0.2, 0.25) is 0 Å². The smallest absolute Gasteiger partial charge is 0.143 e. The highest BCUT2D eigenvalue weighted by Gasteiger charge is 2.20. The molecule has 0 spiro atoms. The third-order valence-corrected chi connectivity index (χ3v) is 2.77. The van der Waals surface area contributed by atoms with E-state index in [4.69, 9.17) is 10.7 Å². The Hall–Kier alpha value is -1.89. The molecular formula is C12H12FN3. The Balaban J connectivity index is 2.43. The van der Waals surface area contributed by atoms with Crippen molar-refractivity contribution in [2.75, 3.05) is 11.4 Å². The molecular weight excluding hydrogens is 205 g/mol. The lowest BCUT2D eigenvalue weighted by Gasteiger charge is -2.29. The van der Waals surface area contributed by atoms with Crippen LogP contribution in [0.1, 0.15) is 24.8 Å². The lowest BCUT2D eigenvalue weighted by Crippen LogP contribution is -2.35. The molecule has 1 N–H and O–H groups in total. The molecule has 4 heteroatoms. The molecule has 1 aliphatic rings. The van der Waals surface area contributed by atoms with Crippen LogP contribution in [0.15, 0.2) is 18.2 Å². The normalized spacial score (nSPS) is 16.0. The van der Waals surface area contributed by atoms with Crippen molar-refractivity contribution in [1.82, 2.24) is 0 Å². The summed E-state index contributed by atoms with van der Waals surface area (Å²) in [7, 11) is 0. The first kappa shape index (κ1) is 10.6. The second-order valence-corrected chi connectivity index (χ2v) is 3.80. The average molecular weight is 217 g/mol. The molecule has 0 atom stereocenters. The Labute approximate surface area is 93.6 Å². The van der Waals surface area contributed by atoms with E-state index in [9.17, 15) is 4.39 Å². The Bertz CT molecular complexity index is 462. The summed E-state index contributed by atoms with van der Waals surface area (Å²) in [6.45, 7) is 0.691. The van der Waals surface area contributed by atoms with Crippen molar-refractivity contribution in [3.05, 3.63) is 29.6 Å². The maximum Gasteiger partial charge on any atom is 0.143 e. The molecule has 0 aromatic heterocycles. The highest BCUT2D eigenvalue weighted by molar-refractivity contribution is 5.97. The van der Waals surface area contributed by atoms with Gasteiger partial charge in [-0.05, 0) is 25.0 Å². The Morgan fingerprint density at radius 3 is 2.88 bits per heavy atom. The number of amidine groups is 1. The fourth-order valence-electron chi connectivity index (χ4n) is 1.95. The molecule has 1 aromatic carbocycles. The van der Waals surface area contributed by atoms with E-state index in [1.807, 2.05) is 6.07 Å². The number of hydrogen-bond acceptors (Lipinski definition) is 2. The second kappa shape index (κ2) is 4.31. The van der Waals surface area contributed by atoms with Gasteiger partial charge in [-0.25, -0.2) is 4.39 Å². The zero-order valence-corrected chi connectivity index (χ0v) is 8.83. The summed E-state index contributed by atoms with van der Waals surface area (Å²) in [5.41, 5.74) is 0.557. The fourth-order valence-corrected chi connectivity index (χ4v) is 1.95. The standard InChI is InChI=1S/C12H12FN3/c13-10-4-3-5-11(9(10)8-14)16-7-2-1-6-12(16)15/h3-5,15H,1-2,6-7H2. The van der Waals surface area contributed by atoms with Gasteiger partial charge in [0.15, 0.2) is 0 Å². The van der Waals surface area contributed by atoms with Crippen LogP contribution in [-0.2, 0) is 0 Å². The molecule has 0 unspecified atom stereocenters. The molecule has 82 valence electrons. The van der Waals surface area contributed by atoms with Crippen LogP contribution >= 0.6 is 0 Å². The van der Waals surface area contributed by atoms with E-state index in [1.54, 1.807) is 17.0 Å². The fraction of sp³-hybridized carbons (Fsp3) is 0.333. The summed E-state index contributed by atoms with van der Waals surface area (Å²) in [5, 5.41) is 16.7. The van der Waals surface area contributed by atoms with Gasteiger partial charge in [-0.15, -0.1) is 0 Å². The molecule has 1 aliphatic heterocycles. The number of nitriles is 1. The van der Waals surface area contributed by atoms with Gasteiger partial charge in [0.25, 0.3) is 0 Å². The van der Waals surface area contributed by atoms with Gasteiger partial charge in [0.05, 0.1) is 5.69 Å². The van der Waals surface area contributed by atoms with E-state index in [2.05, 4.69) is 0 Å². The number of anilines is 1. The summed E-state index contributed by atoms with van der Waals surface area (Å²) in [6.07, 6.45) is 2.66. The minimum absolute atomic E-state index is 0.0363. The first-order chi connectivity index (χ1) is 7.74. The van der Waals surface area contributed by atoms with Gasteiger partial charge in [-0.2, -0.15) is 5.26 Å². The number of hydrogen-bond donors (Lipinski definition) is 1. The van der Waals surface area contributed by atoms with Gasteiger partial charge in [0.1, 0.15) is 23.3 Å². The third-order valence-electron chi connectivity index (χ3n) is 2.77. The summed E-state index contributed by atoms with van der Waals surface area (Å²) in [4.78, 5) is 1.73. The van der Waals surface area contributed by atoms with Crippen molar-refractivity contribution in [3.63, 3.8) is 0 Å². The van der Waals surface area contributed by atoms with Crippen LogP contribution in [0.5, 0.6) is 0 Å². The largest absolute Gasteiger partial charge is 0.329 e. The van der Waals surface area contributed by atoms with E-state index in [0.29, 0.717) is 24.5 Å². The van der Waals surface area contributed by atoms with Crippen LogP contribution in [0.3, 0.4) is 0 Å². The van der Waals surface area contributed by atoms with E-state index < -0.39 is 5.82 Å². The van der Waals surface area contributed by atoms with Gasteiger partial charge in [-0.3, -0.25) is 5.41 Å². The SMILES string of the molecule is N#Cc1c(F)cccc1N1CCCCC1=N.